The Balaban J connectivity index is 2.66. The summed E-state index contributed by atoms with van der Waals surface area (Å²) in [5, 5.41) is 18.0. The number of nitriles is 2. The van der Waals surface area contributed by atoms with E-state index in [-0.39, 0.29) is 0 Å². The minimum absolute atomic E-state index is 0.400. The maximum atomic E-state index is 9.02. The predicted octanol–water partition coefficient (Wildman–Crippen LogP) is 3.40. The van der Waals surface area contributed by atoms with E-state index in [9.17, 15) is 0 Å². The van der Waals surface area contributed by atoms with Crippen molar-refractivity contribution in [2.45, 2.75) is 52.4 Å². The van der Waals surface area contributed by atoms with Crippen molar-refractivity contribution in [3.05, 3.63) is 0 Å². The van der Waals surface area contributed by atoms with Gasteiger partial charge in [0.25, 0.3) is 0 Å². The Morgan fingerprint density at radius 2 is 1.29 bits per heavy atom. The van der Waals surface area contributed by atoms with Gasteiger partial charge in [0.2, 0.25) is 0 Å². The van der Waals surface area contributed by atoms with Crippen LogP contribution in [-0.2, 0) is 0 Å². The third-order valence-electron chi connectivity index (χ3n) is 3.34. The van der Waals surface area contributed by atoms with Gasteiger partial charge in [-0.3, -0.25) is 0 Å². The first-order valence-corrected chi connectivity index (χ1v) is 5.36. The quantitative estimate of drug-likeness (QED) is 0.587. The number of hydrogen-bond donors (Lipinski definition) is 0. The summed E-state index contributed by atoms with van der Waals surface area (Å²) in [7, 11) is 0. The molecule has 0 N–H and O–H groups in total. The van der Waals surface area contributed by atoms with Crippen LogP contribution in [0.2, 0.25) is 0 Å². The molecule has 1 fully saturated rings. The van der Waals surface area contributed by atoms with Crippen molar-refractivity contribution in [3.63, 3.8) is 0 Å². The molecule has 1 rings (SSSR count). The van der Waals surface area contributed by atoms with Crippen molar-refractivity contribution < 1.29 is 0 Å². The highest BCUT2D eigenvalue weighted by Crippen LogP contribution is 2.39. The number of hydrogen-bond acceptors (Lipinski definition) is 2. The summed E-state index contributed by atoms with van der Waals surface area (Å²) in [6.45, 7) is 4.55. The van der Waals surface area contributed by atoms with Gasteiger partial charge in [-0.15, -0.1) is 0 Å². The minimum Gasteiger partial charge on any atom is -0.197 e. The molecule has 1 aliphatic rings. The van der Waals surface area contributed by atoms with Gasteiger partial charge in [-0.1, -0.05) is 26.7 Å². The van der Waals surface area contributed by atoms with Crippen LogP contribution >= 0.6 is 0 Å². The fraction of sp³-hybridized carbons (Fsp3) is 0.833. The van der Waals surface area contributed by atoms with Crippen LogP contribution in [0.3, 0.4) is 0 Å². The van der Waals surface area contributed by atoms with Crippen molar-refractivity contribution in [3.8, 4) is 12.1 Å². The molecule has 2 nitrogen and oxygen atoms in total. The zero-order valence-corrected chi connectivity index (χ0v) is 9.14. The first-order valence-electron chi connectivity index (χ1n) is 5.36. The first kappa shape index (κ1) is 11.1. The molecule has 0 aromatic carbocycles. The topological polar surface area (TPSA) is 47.6 Å². The van der Waals surface area contributed by atoms with Crippen LogP contribution in [-0.4, -0.2) is 0 Å². The Labute approximate surface area is 86.5 Å². The highest BCUT2D eigenvalue weighted by atomic mass is 14.4. The summed E-state index contributed by atoms with van der Waals surface area (Å²) in [6, 6.07) is 4.40. The fourth-order valence-corrected chi connectivity index (χ4v) is 2.24. The van der Waals surface area contributed by atoms with E-state index in [4.69, 9.17) is 10.5 Å². The minimum atomic E-state index is -0.684. The average Bonchev–Trinajstić information content (AvgIpc) is 2.12. The molecule has 1 aliphatic carbocycles. The van der Waals surface area contributed by atoms with Gasteiger partial charge in [-0.05, 0) is 31.1 Å². The molecule has 0 bridgehead atoms. The molecule has 76 valence electrons. The smallest absolute Gasteiger partial charge is 0.143 e. The van der Waals surface area contributed by atoms with E-state index in [2.05, 4.69) is 26.0 Å². The summed E-state index contributed by atoms with van der Waals surface area (Å²) < 4.78 is 0. The molecule has 0 aromatic heterocycles. The zero-order chi connectivity index (χ0) is 10.7. The molecule has 0 heterocycles. The maximum absolute atomic E-state index is 9.02. The summed E-state index contributed by atoms with van der Waals surface area (Å²) in [4.78, 5) is 0. The van der Waals surface area contributed by atoms with Crippen LogP contribution in [0.15, 0.2) is 0 Å². The van der Waals surface area contributed by atoms with E-state index < -0.39 is 5.41 Å². The van der Waals surface area contributed by atoms with E-state index in [1.165, 1.54) is 0 Å². The van der Waals surface area contributed by atoms with E-state index >= 15 is 0 Å². The number of nitrogens with zero attached hydrogens (tertiary/aromatic N) is 2. The Morgan fingerprint density at radius 3 is 1.64 bits per heavy atom. The highest BCUT2D eigenvalue weighted by molar-refractivity contribution is 5.13. The van der Waals surface area contributed by atoms with Crippen molar-refractivity contribution in [1.82, 2.24) is 0 Å². The van der Waals surface area contributed by atoms with Gasteiger partial charge in [0.05, 0.1) is 12.1 Å². The highest BCUT2D eigenvalue weighted by Gasteiger charge is 2.33. The summed E-state index contributed by atoms with van der Waals surface area (Å²) >= 11 is 0. The molecule has 0 unspecified atom stereocenters. The van der Waals surface area contributed by atoms with E-state index in [1.807, 2.05) is 0 Å². The lowest BCUT2D eigenvalue weighted by molar-refractivity contribution is 0.231. The standard InChI is InChI=1S/C12H18N2/c1-11(2)5-3-7-12(9-13,10-14)8-4-6-11/h3-8H2,1-2H3. The molecule has 0 saturated heterocycles. The third-order valence-corrected chi connectivity index (χ3v) is 3.34. The molecule has 14 heavy (non-hydrogen) atoms. The second-order valence-corrected chi connectivity index (χ2v) is 5.18. The first-order chi connectivity index (χ1) is 6.54. The van der Waals surface area contributed by atoms with Gasteiger partial charge in [0, 0.05) is 0 Å². The Morgan fingerprint density at radius 1 is 0.857 bits per heavy atom. The van der Waals surface area contributed by atoms with Crippen LogP contribution in [0.5, 0.6) is 0 Å². The molecular weight excluding hydrogens is 172 g/mol. The van der Waals surface area contributed by atoms with Gasteiger partial charge in [-0.25, -0.2) is 0 Å². The third kappa shape index (κ3) is 2.48. The van der Waals surface area contributed by atoms with Crippen LogP contribution in [0.1, 0.15) is 52.4 Å². The van der Waals surface area contributed by atoms with Gasteiger partial charge in [0.15, 0.2) is 0 Å². The Hall–Kier alpha value is -1.02. The summed E-state index contributed by atoms with van der Waals surface area (Å²) in [6.07, 6.45) is 5.80. The Kier molecular flexibility index (Phi) is 3.17. The molecule has 0 amide bonds. The second-order valence-electron chi connectivity index (χ2n) is 5.18. The lowest BCUT2D eigenvalue weighted by Gasteiger charge is -2.30. The molecule has 2 heteroatoms. The van der Waals surface area contributed by atoms with Crippen LogP contribution in [0, 0.1) is 33.5 Å². The summed E-state index contributed by atoms with van der Waals surface area (Å²) in [5.74, 6) is 0. The molecule has 0 atom stereocenters. The molecule has 1 saturated carbocycles. The van der Waals surface area contributed by atoms with E-state index in [0.29, 0.717) is 5.41 Å². The molecule has 0 radical (unpaired) electrons. The van der Waals surface area contributed by atoms with Gasteiger partial charge < -0.3 is 0 Å². The normalized spacial score (nSPS) is 25.1. The van der Waals surface area contributed by atoms with Gasteiger partial charge in [-0.2, -0.15) is 10.5 Å². The van der Waals surface area contributed by atoms with Crippen molar-refractivity contribution >= 4 is 0 Å². The van der Waals surface area contributed by atoms with Crippen molar-refractivity contribution in [1.29, 1.82) is 10.5 Å². The van der Waals surface area contributed by atoms with E-state index in [0.717, 1.165) is 38.5 Å². The second kappa shape index (κ2) is 4.01. The van der Waals surface area contributed by atoms with Crippen LogP contribution < -0.4 is 0 Å². The van der Waals surface area contributed by atoms with Crippen LogP contribution in [0.4, 0.5) is 0 Å². The van der Waals surface area contributed by atoms with E-state index in [1.54, 1.807) is 0 Å². The number of rotatable bonds is 0. The SMILES string of the molecule is CC1(C)CCCC(C#N)(C#N)CCC1. The van der Waals surface area contributed by atoms with Crippen LogP contribution in [0.25, 0.3) is 0 Å². The summed E-state index contributed by atoms with van der Waals surface area (Å²) in [5.41, 5.74) is -0.284. The average molecular weight is 190 g/mol. The van der Waals surface area contributed by atoms with Gasteiger partial charge >= 0.3 is 0 Å². The largest absolute Gasteiger partial charge is 0.197 e. The van der Waals surface area contributed by atoms with Gasteiger partial charge in [0.1, 0.15) is 5.41 Å². The molecule has 0 spiro atoms. The van der Waals surface area contributed by atoms with Crippen molar-refractivity contribution in [2.75, 3.05) is 0 Å². The zero-order valence-electron chi connectivity index (χ0n) is 9.14. The fourth-order valence-electron chi connectivity index (χ4n) is 2.24. The monoisotopic (exact) mass is 190 g/mol. The molecular formula is C12H18N2. The maximum Gasteiger partial charge on any atom is 0.143 e. The predicted molar refractivity (Wildman–Crippen MR) is 55.1 cm³/mol. The van der Waals surface area contributed by atoms with Crippen molar-refractivity contribution in [2.24, 2.45) is 10.8 Å². The lowest BCUT2D eigenvalue weighted by Crippen LogP contribution is -2.22. The lowest BCUT2D eigenvalue weighted by atomic mass is 9.72. The molecule has 0 aliphatic heterocycles. The molecule has 0 aromatic rings. The Bertz CT molecular complexity index is 250.